The third kappa shape index (κ3) is 6.34. The lowest BCUT2D eigenvalue weighted by Crippen LogP contribution is -2.46. The maximum absolute atomic E-state index is 12.8. The number of piperidine rings is 1. The molecule has 2 aromatic rings. The molecule has 8 nitrogen and oxygen atoms in total. The number of carbonyl (C=O) groups excluding carboxylic acids is 3. The van der Waals surface area contributed by atoms with E-state index in [9.17, 15) is 14.4 Å². The zero-order chi connectivity index (χ0) is 22.6. The standard InChI is InChI=1S/C23H29N3O5/c1-15-5-10-19(30-15)20(27)24-18-11-13-26(14-12-18)21(28)16-6-8-17(9-7-16)25-22(29)31-23(2,3)4/h5-10,18H,11-14H2,1-4H3,(H,24,27)(H,25,29). The van der Waals surface area contributed by atoms with Crippen molar-refractivity contribution in [3.05, 3.63) is 53.5 Å². The molecule has 1 aliphatic rings. The van der Waals surface area contributed by atoms with Gasteiger partial charge in [0.15, 0.2) is 5.76 Å². The zero-order valence-electron chi connectivity index (χ0n) is 18.4. The third-order valence-corrected chi connectivity index (χ3v) is 4.86. The average molecular weight is 428 g/mol. The summed E-state index contributed by atoms with van der Waals surface area (Å²) in [5, 5.41) is 5.62. The molecule has 3 rings (SSSR count). The van der Waals surface area contributed by atoms with Crippen LogP contribution in [-0.2, 0) is 4.74 Å². The summed E-state index contributed by atoms with van der Waals surface area (Å²) in [5.74, 6) is 0.690. The number of hydrogen-bond donors (Lipinski definition) is 2. The molecule has 1 saturated heterocycles. The number of nitrogens with one attached hydrogen (secondary N) is 2. The maximum atomic E-state index is 12.8. The first-order valence-corrected chi connectivity index (χ1v) is 10.4. The largest absolute Gasteiger partial charge is 0.456 e. The normalized spacial score (nSPS) is 14.8. The van der Waals surface area contributed by atoms with E-state index in [1.165, 1.54) is 0 Å². The number of rotatable bonds is 4. The molecule has 8 heteroatoms. The fourth-order valence-corrected chi connectivity index (χ4v) is 3.34. The van der Waals surface area contributed by atoms with Crippen LogP contribution in [0.3, 0.4) is 0 Å². The van der Waals surface area contributed by atoms with Crippen LogP contribution in [-0.4, -0.2) is 47.5 Å². The van der Waals surface area contributed by atoms with Crippen molar-refractivity contribution in [3.8, 4) is 0 Å². The molecule has 3 amide bonds. The Bertz CT molecular complexity index is 935. The highest BCUT2D eigenvalue weighted by molar-refractivity contribution is 5.95. The Morgan fingerprint density at radius 1 is 1.03 bits per heavy atom. The average Bonchev–Trinajstić information content (AvgIpc) is 3.14. The number of hydrogen-bond acceptors (Lipinski definition) is 5. The van der Waals surface area contributed by atoms with E-state index in [1.807, 2.05) is 0 Å². The molecule has 1 aromatic heterocycles. The lowest BCUT2D eigenvalue weighted by molar-refractivity contribution is 0.0634. The summed E-state index contributed by atoms with van der Waals surface area (Å²) in [6, 6.07) is 10.1. The first kappa shape index (κ1) is 22.4. The molecule has 2 N–H and O–H groups in total. The highest BCUT2D eigenvalue weighted by Crippen LogP contribution is 2.18. The Kier molecular flexibility index (Phi) is 6.68. The Labute approximate surface area is 181 Å². The van der Waals surface area contributed by atoms with Gasteiger partial charge in [0.25, 0.3) is 11.8 Å². The summed E-state index contributed by atoms with van der Waals surface area (Å²) in [5.41, 5.74) is 0.520. The van der Waals surface area contributed by atoms with Gasteiger partial charge in [-0.2, -0.15) is 0 Å². The van der Waals surface area contributed by atoms with E-state index >= 15 is 0 Å². The van der Waals surface area contributed by atoms with E-state index < -0.39 is 11.7 Å². The summed E-state index contributed by atoms with van der Waals surface area (Å²) in [7, 11) is 0. The lowest BCUT2D eigenvalue weighted by Gasteiger charge is -2.32. The van der Waals surface area contributed by atoms with E-state index in [0.717, 1.165) is 0 Å². The van der Waals surface area contributed by atoms with Crippen LogP contribution in [0.5, 0.6) is 0 Å². The quantitative estimate of drug-likeness (QED) is 0.769. The number of anilines is 1. The minimum Gasteiger partial charge on any atom is -0.456 e. The summed E-state index contributed by atoms with van der Waals surface area (Å²) in [6.07, 6.45) is 0.811. The molecule has 1 aliphatic heterocycles. The summed E-state index contributed by atoms with van der Waals surface area (Å²) in [4.78, 5) is 38.6. The molecule has 2 heterocycles. The second-order valence-corrected chi connectivity index (χ2v) is 8.65. The number of aryl methyl sites for hydroxylation is 1. The maximum Gasteiger partial charge on any atom is 0.412 e. The molecule has 0 unspecified atom stereocenters. The predicted molar refractivity (Wildman–Crippen MR) is 116 cm³/mol. The van der Waals surface area contributed by atoms with Crippen LogP contribution in [0.1, 0.15) is 60.3 Å². The van der Waals surface area contributed by atoms with Crippen LogP contribution in [0.4, 0.5) is 10.5 Å². The van der Waals surface area contributed by atoms with Gasteiger partial charge >= 0.3 is 6.09 Å². The Balaban J connectivity index is 1.49. The highest BCUT2D eigenvalue weighted by Gasteiger charge is 2.25. The smallest absolute Gasteiger partial charge is 0.412 e. The van der Waals surface area contributed by atoms with Gasteiger partial charge in [-0.1, -0.05) is 0 Å². The van der Waals surface area contributed by atoms with Crippen LogP contribution in [0, 0.1) is 6.92 Å². The summed E-state index contributed by atoms with van der Waals surface area (Å²) >= 11 is 0. The Morgan fingerprint density at radius 2 is 1.68 bits per heavy atom. The van der Waals surface area contributed by atoms with Crippen molar-refractivity contribution >= 4 is 23.6 Å². The predicted octanol–water partition coefficient (Wildman–Crippen LogP) is 3.97. The van der Waals surface area contributed by atoms with E-state index in [1.54, 1.807) is 69.0 Å². The molecule has 0 radical (unpaired) electrons. The molecule has 0 saturated carbocycles. The van der Waals surface area contributed by atoms with Gasteiger partial charge in [-0.25, -0.2) is 4.79 Å². The van der Waals surface area contributed by atoms with Gasteiger partial charge in [-0.15, -0.1) is 0 Å². The van der Waals surface area contributed by atoms with Crippen molar-refractivity contribution in [2.45, 2.75) is 52.2 Å². The van der Waals surface area contributed by atoms with Crippen LogP contribution >= 0.6 is 0 Å². The minimum atomic E-state index is -0.581. The molecule has 1 fully saturated rings. The lowest BCUT2D eigenvalue weighted by atomic mass is 10.0. The first-order chi connectivity index (χ1) is 14.6. The number of carbonyl (C=O) groups is 3. The molecule has 0 spiro atoms. The number of amides is 3. The van der Waals surface area contributed by atoms with E-state index in [2.05, 4.69) is 10.6 Å². The molecule has 0 bridgehead atoms. The summed E-state index contributed by atoms with van der Waals surface area (Å²) < 4.78 is 10.6. The third-order valence-electron chi connectivity index (χ3n) is 4.86. The zero-order valence-corrected chi connectivity index (χ0v) is 18.4. The van der Waals surface area contributed by atoms with Crippen LogP contribution < -0.4 is 10.6 Å². The number of nitrogens with zero attached hydrogens (tertiary/aromatic N) is 1. The van der Waals surface area contributed by atoms with Crippen molar-refractivity contribution in [2.24, 2.45) is 0 Å². The number of furan rings is 1. The fraction of sp³-hybridized carbons (Fsp3) is 0.435. The number of benzene rings is 1. The number of ether oxygens (including phenoxy) is 1. The second-order valence-electron chi connectivity index (χ2n) is 8.65. The van der Waals surface area contributed by atoms with Gasteiger partial charge in [-0.05, 0) is 76.9 Å². The van der Waals surface area contributed by atoms with Crippen molar-refractivity contribution in [2.75, 3.05) is 18.4 Å². The fourth-order valence-electron chi connectivity index (χ4n) is 3.34. The van der Waals surface area contributed by atoms with Gasteiger partial charge in [-0.3, -0.25) is 14.9 Å². The monoisotopic (exact) mass is 427 g/mol. The Hall–Kier alpha value is -3.29. The molecule has 1 aromatic carbocycles. The van der Waals surface area contributed by atoms with Gasteiger partial charge < -0.3 is 19.4 Å². The Morgan fingerprint density at radius 3 is 2.23 bits per heavy atom. The topological polar surface area (TPSA) is 101 Å². The molecule has 0 aliphatic carbocycles. The van der Waals surface area contributed by atoms with Crippen LogP contribution in [0.2, 0.25) is 0 Å². The first-order valence-electron chi connectivity index (χ1n) is 10.4. The van der Waals surface area contributed by atoms with E-state index in [4.69, 9.17) is 9.15 Å². The second kappa shape index (κ2) is 9.24. The summed E-state index contributed by atoms with van der Waals surface area (Å²) in [6.45, 7) is 8.28. The van der Waals surface area contributed by atoms with Gasteiger partial charge in [0.1, 0.15) is 11.4 Å². The van der Waals surface area contributed by atoms with E-state index in [-0.39, 0.29) is 17.9 Å². The van der Waals surface area contributed by atoms with E-state index in [0.29, 0.717) is 48.7 Å². The number of likely N-dealkylation sites (tertiary alicyclic amines) is 1. The van der Waals surface area contributed by atoms with Crippen molar-refractivity contribution in [3.63, 3.8) is 0 Å². The van der Waals surface area contributed by atoms with Gasteiger partial charge in [0, 0.05) is 30.4 Å². The molecule has 31 heavy (non-hydrogen) atoms. The molecule has 0 atom stereocenters. The van der Waals surface area contributed by atoms with Crippen molar-refractivity contribution in [1.82, 2.24) is 10.2 Å². The van der Waals surface area contributed by atoms with Crippen LogP contribution in [0.25, 0.3) is 0 Å². The highest BCUT2D eigenvalue weighted by atomic mass is 16.6. The van der Waals surface area contributed by atoms with Crippen molar-refractivity contribution in [1.29, 1.82) is 0 Å². The minimum absolute atomic E-state index is 0.00219. The van der Waals surface area contributed by atoms with Crippen LogP contribution in [0.15, 0.2) is 40.8 Å². The van der Waals surface area contributed by atoms with Gasteiger partial charge in [0.05, 0.1) is 0 Å². The van der Waals surface area contributed by atoms with Crippen molar-refractivity contribution < 1.29 is 23.5 Å². The molecular formula is C23H29N3O5. The SMILES string of the molecule is Cc1ccc(C(=O)NC2CCN(C(=O)c3ccc(NC(=O)OC(C)(C)C)cc3)CC2)o1. The van der Waals surface area contributed by atoms with Gasteiger partial charge in [0.2, 0.25) is 0 Å². The molecule has 166 valence electrons. The molecular weight excluding hydrogens is 398 g/mol.